The lowest BCUT2D eigenvalue weighted by Gasteiger charge is -2.09. The monoisotopic (exact) mass is 356 g/mol. The molecule has 0 radical (unpaired) electrons. The first-order valence-corrected chi connectivity index (χ1v) is 7.80. The average molecular weight is 358 g/mol. The molecule has 92 valence electrons. The van der Waals surface area contributed by atoms with Crippen molar-refractivity contribution in [2.45, 2.75) is 11.8 Å². The van der Waals surface area contributed by atoms with Gasteiger partial charge in [0.05, 0.1) is 5.02 Å². The fourth-order valence-electron chi connectivity index (χ4n) is 1.04. The molecule has 0 unspecified atom stereocenters. The first-order chi connectivity index (χ1) is 7.86. The second kappa shape index (κ2) is 5.96. The van der Waals surface area contributed by atoms with Crippen LogP contribution >= 0.6 is 38.2 Å². The van der Waals surface area contributed by atoms with Gasteiger partial charge in [0.2, 0.25) is 0 Å². The zero-order valence-corrected chi connectivity index (χ0v) is 12.5. The Kier molecular flexibility index (Phi) is 5.14. The predicted molar refractivity (Wildman–Crippen MR) is 71.1 cm³/mol. The summed E-state index contributed by atoms with van der Waals surface area (Å²) in [6, 6.07) is 2.84. The second-order valence-electron chi connectivity index (χ2n) is 2.87. The number of ether oxygens (including phenoxy) is 1. The summed E-state index contributed by atoms with van der Waals surface area (Å²) < 4.78 is 28.4. The Morgan fingerprint density at radius 3 is 2.65 bits per heavy atom. The molecule has 0 saturated carbocycles. The van der Waals surface area contributed by atoms with Gasteiger partial charge >= 0.3 is 0 Å². The molecule has 3 nitrogen and oxygen atoms in total. The minimum absolute atomic E-state index is 0.00705. The van der Waals surface area contributed by atoms with Crippen LogP contribution in [0.3, 0.4) is 0 Å². The van der Waals surface area contributed by atoms with Crippen LogP contribution < -0.4 is 4.74 Å². The summed E-state index contributed by atoms with van der Waals surface area (Å²) in [6.45, 7) is 1.68. The van der Waals surface area contributed by atoms with Crippen LogP contribution in [0.2, 0.25) is 5.02 Å². The van der Waals surface area contributed by atoms with Crippen LogP contribution in [-0.4, -0.2) is 15.0 Å². The lowest BCUT2D eigenvalue weighted by atomic mass is 10.3. The summed E-state index contributed by atoms with van der Waals surface area (Å²) in [5.74, 6) is 5.26. The van der Waals surface area contributed by atoms with E-state index in [1.165, 1.54) is 12.1 Å². The molecule has 0 aromatic heterocycles. The largest absolute Gasteiger partial charge is 0.478 e. The van der Waals surface area contributed by atoms with Gasteiger partial charge in [-0.2, -0.15) is 0 Å². The first kappa shape index (κ1) is 14.7. The summed E-state index contributed by atoms with van der Waals surface area (Å²) in [5, 5.41) is 0.150. The van der Waals surface area contributed by atoms with E-state index in [2.05, 4.69) is 27.8 Å². The van der Waals surface area contributed by atoms with Crippen molar-refractivity contribution >= 4 is 47.3 Å². The van der Waals surface area contributed by atoms with Gasteiger partial charge in [0.1, 0.15) is 11.5 Å². The van der Waals surface area contributed by atoms with E-state index in [0.717, 1.165) is 0 Å². The van der Waals surface area contributed by atoms with Gasteiger partial charge in [-0.15, -0.1) is 5.92 Å². The zero-order valence-electron chi connectivity index (χ0n) is 8.63. The molecule has 17 heavy (non-hydrogen) atoms. The maximum Gasteiger partial charge on any atom is 0.265 e. The average Bonchev–Trinajstić information content (AvgIpc) is 2.19. The fraction of sp³-hybridized carbons (Fsp3) is 0.200. The SMILES string of the molecule is CC#CCOc1c(Cl)cc(Br)cc1S(=O)(=O)Cl. The van der Waals surface area contributed by atoms with Crippen molar-refractivity contribution in [3.8, 4) is 17.6 Å². The molecule has 0 bridgehead atoms. The van der Waals surface area contributed by atoms with Gasteiger partial charge in [-0.25, -0.2) is 8.42 Å². The number of halogens is 3. The highest BCUT2D eigenvalue weighted by Gasteiger charge is 2.20. The van der Waals surface area contributed by atoms with Gasteiger partial charge in [-0.05, 0) is 19.1 Å². The molecule has 0 aliphatic carbocycles. The van der Waals surface area contributed by atoms with Crippen molar-refractivity contribution in [1.29, 1.82) is 0 Å². The molecule has 0 heterocycles. The minimum atomic E-state index is -3.93. The van der Waals surface area contributed by atoms with E-state index >= 15 is 0 Å². The molecule has 1 rings (SSSR count). The Morgan fingerprint density at radius 1 is 1.47 bits per heavy atom. The predicted octanol–water partition coefficient (Wildman–Crippen LogP) is 3.43. The van der Waals surface area contributed by atoms with Gasteiger partial charge in [-0.3, -0.25) is 0 Å². The van der Waals surface area contributed by atoms with Crippen molar-refractivity contribution in [2.75, 3.05) is 6.61 Å². The van der Waals surface area contributed by atoms with E-state index in [1.807, 2.05) is 0 Å². The van der Waals surface area contributed by atoms with Gasteiger partial charge in [0.15, 0.2) is 5.75 Å². The smallest absolute Gasteiger partial charge is 0.265 e. The van der Waals surface area contributed by atoms with E-state index in [4.69, 9.17) is 27.0 Å². The van der Waals surface area contributed by atoms with E-state index < -0.39 is 9.05 Å². The lowest BCUT2D eigenvalue weighted by molar-refractivity contribution is 0.360. The summed E-state index contributed by atoms with van der Waals surface area (Å²) in [6.07, 6.45) is 0. The summed E-state index contributed by atoms with van der Waals surface area (Å²) in [7, 11) is 1.37. The van der Waals surface area contributed by atoms with Crippen LogP contribution in [0.5, 0.6) is 5.75 Å². The van der Waals surface area contributed by atoms with Crippen molar-refractivity contribution in [3.63, 3.8) is 0 Å². The Labute approximate surface area is 118 Å². The maximum absolute atomic E-state index is 11.4. The van der Waals surface area contributed by atoms with Crippen molar-refractivity contribution in [1.82, 2.24) is 0 Å². The fourth-order valence-corrected chi connectivity index (χ4v) is 3.11. The van der Waals surface area contributed by atoms with E-state index in [9.17, 15) is 8.42 Å². The summed E-state index contributed by atoms with van der Waals surface area (Å²) in [5.41, 5.74) is 0. The second-order valence-corrected chi connectivity index (χ2v) is 6.73. The molecule has 1 aromatic rings. The topological polar surface area (TPSA) is 43.4 Å². The Balaban J connectivity index is 3.29. The van der Waals surface area contributed by atoms with Crippen molar-refractivity contribution < 1.29 is 13.2 Å². The third kappa shape index (κ3) is 4.07. The van der Waals surface area contributed by atoms with Crippen LogP contribution in [-0.2, 0) is 9.05 Å². The molecule has 0 aliphatic heterocycles. The molecule has 7 heteroatoms. The summed E-state index contributed by atoms with van der Waals surface area (Å²) in [4.78, 5) is -0.184. The minimum Gasteiger partial charge on any atom is -0.478 e. The van der Waals surface area contributed by atoms with Crippen molar-refractivity contribution in [2.24, 2.45) is 0 Å². The molecule has 0 N–H and O–H groups in total. The molecule has 0 aliphatic rings. The highest BCUT2D eigenvalue weighted by molar-refractivity contribution is 9.10. The van der Waals surface area contributed by atoms with E-state index in [0.29, 0.717) is 4.47 Å². The van der Waals surface area contributed by atoms with Crippen molar-refractivity contribution in [3.05, 3.63) is 21.6 Å². The van der Waals surface area contributed by atoms with Crippen LogP contribution in [0.1, 0.15) is 6.92 Å². The number of hydrogen-bond donors (Lipinski definition) is 0. The molecule has 0 amide bonds. The molecule has 0 atom stereocenters. The Morgan fingerprint density at radius 2 is 2.12 bits per heavy atom. The van der Waals surface area contributed by atoms with Crippen LogP contribution in [0.15, 0.2) is 21.5 Å². The quantitative estimate of drug-likeness (QED) is 0.614. The van der Waals surface area contributed by atoms with Gasteiger partial charge in [-0.1, -0.05) is 33.5 Å². The molecule has 1 aromatic carbocycles. The number of benzene rings is 1. The third-order valence-corrected chi connectivity index (χ3v) is 3.77. The van der Waals surface area contributed by atoms with Crippen LogP contribution in [0.25, 0.3) is 0 Å². The van der Waals surface area contributed by atoms with E-state index in [-0.39, 0.29) is 22.3 Å². The Bertz CT molecular complexity index is 588. The highest BCUT2D eigenvalue weighted by Crippen LogP contribution is 2.36. The molecule has 0 spiro atoms. The molecular formula is C10H7BrCl2O3S. The number of hydrogen-bond acceptors (Lipinski definition) is 3. The maximum atomic E-state index is 11.4. The molecule has 0 fully saturated rings. The molecular weight excluding hydrogens is 351 g/mol. The Hall–Kier alpha value is -0.410. The molecule has 0 saturated heterocycles. The summed E-state index contributed by atoms with van der Waals surface area (Å²) >= 11 is 9.02. The standard InChI is InChI=1S/C10H7BrCl2O3S/c1-2-3-4-16-10-8(12)5-7(11)6-9(10)17(13,14)15/h5-6H,4H2,1H3. The van der Waals surface area contributed by atoms with Gasteiger partial charge < -0.3 is 4.74 Å². The lowest BCUT2D eigenvalue weighted by Crippen LogP contribution is -2.01. The first-order valence-electron chi connectivity index (χ1n) is 4.32. The highest BCUT2D eigenvalue weighted by atomic mass is 79.9. The third-order valence-electron chi connectivity index (χ3n) is 1.70. The van der Waals surface area contributed by atoms with Gasteiger partial charge in [0.25, 0.3) is 9.05 Å². The normalized spacial score (nSPS) is 10.6. The zero-order chi connectivity index (χ0) is 13.1. The van der Waals surface area contributed by atoms with Crippen LogP contribution in [0.4, 0.5) is 0 Å². The van der Waals surface area contributed by atoms with E-state index in [1.54, 1.807) is 6.92 Å². The van der Waals surface area contributed by atoms with Crippen LogP contribution in [0, 0.1) is 11.8 Å². The number of rotatable bonds is 3. The van der Waals surface area contributed by atoms with Gasteiger partial charge in [0, 0.05) is 15.2 Å².